The number of ether oxygens (including phenoxy) is 1. The van der Waals surface area contributed by atoms with Crippen molar-refractivity contribution < 1.29 is 17.9 Å². The summed E-state index contributed by atoms with van der Waals surface area (Å²) in [5.74, 6) is -0.107. The third-order valence-electron chi connectivity index (χ3n) is 6.21. The lowest BCUT2D eigenvalue weighted by molar-refractivity contribution is -0.122. The zero-order valence-electron chi connectivity index (χ0n) is 19.8. The zero-order chi connectivity index (χ0) is 23.7. The van der Waals surface area contributed by atoms with E-state index in [1.165, 1.54) is 7.11 Å². The summed E-state index contributed by atoms with van der Waals surface area (Å²) in [6.45, 7) is 3.34. The molecule has 0 bridgehead atoms. The number of hydrogen-bond donors (Lipinski definition) is 0. The van der Waals surface area contributed by atoms with Crippen LogP contribution in [0, 0.1) is 0 Å². The van der Waals surface area contributed by atoms with E-state index in [9.17, 15) is 13.2 Å². The van der Waals surface area contributed by atoms with Crippen LogP contribution in [-0.2, 0) is 32.5 Å². The van der Waals surface area contributed by atoms with Gasteiger partial charge in [-0.1, -0.05) is 62.9 Å². The molecule has 3 rings (SSSR count). The van der Waals surface area contributed by atoms with Gasteiger partial charge in [0.05, 0.1) is 4.90 Å². The molecule has 0 aliphatic carbocycles. The van der Waals surface area contributed by atoms with Crippen LogP contribution in [0.5, 0.6) is 0 Å². The Balaban J connectivity index is 1.99. The third-order valence-corrected chi connectivity index (χ3v) is 8.07. The molecule has 1 heterocycles. The highest BCUT2D eigenvalue weighted by Crippen LogP contribution is 2.27. The van der Waals surface area contributed by atoms with E-state index in [2.05, 4.69) is 6.92 Å². The van der Waals surface area contributed by atoms with Crippen molar-refractivity contribution in [2.45, 2.75) is 63.3 Å². The van der Waals surface area contributed by atoms with Crippen LogP contribution in [0.1, 0.15) is 56.6 Å². The lowest BCUT2D eigenvalue weighted by Crippen LogP contribution is -2.37. The molecule has 0 saturated heterocycles. The smallest absolute Gasteiger partial charge is 0.252 e. The monoisotopic (exact) mass is 472 g/mol. The lowest BCUT2D eigenvalue weighted by atomic mass is 10.1. The number of aryl methyl sites for hydroxylation is 1. The number of fused-ring (bicyclic) bond motifs is 1. The van der Waals surface area contributed by atoms with Gasteiger partial charge >= 0.3 is 0 Å². The number of rotatable bonds is 5. The molecule has 2 aromatic carbocycles. The number of carbonyl (C=O) groups is 1. The molecule has 1 amide bonds. The summed E-state index contributed by atoms with van der Waals surface area (Å²) < 4.78 is 33.9. The van der Waals surface area contributed by atoms with E-state index in [-0.39, 0.29) is 19.1 Å². The van der Waals surface area contributed by atoms with E-state index >= 15 is 0 Å². The lowest BCUT2D eigenvalue weighted by Gasteiger charge is -2.28. The summed E-state index contributed by atoms with van der Waals surface area (Å²) >= 11 is 0. The Kier molecular flexibility index (Phi) is 9.47. The Morgan fingerprint density at radius 2 is 1.55 bits per heavy atom. The second-order valence-electron chi connectivity index (χ2n) is 8.56. The topological polar surface area (TPSA) is 66.9 Å². The van der Waals surface area contributed by atoms with Crippen molar-refractivity contribution >= 4 is 21.6 Å². The van der Waals surface area contributed by atoms with Crippen LogP contribution >= 0.6 is 0 Å². The Morgan fingerprint density at radius 1 is 0.909 bits per heavy atom. The summed E-state index contributed by atoms with van der Waals surface area (Å²) in [6, 6.07) is 14.8. The van der Waals surface area contributed by atoms with Crippen molar-refractivity contribution in [2.24, 2.45) is 0 Å². The van der Waals surface area contributed by atoms with Crippen LogP contribution in [-0.4, -0.2) is 45.4 Å². The fourth-order valence-corrected chi connectivity index (χ4v) is 5.73. The first-order valence-corrected chi connectivity index (χ1v) is 13.4. The van der Waals surface area contributed by atoms with E-state index in [4.69, 9.17) is 4.74 Å². The quantitative estimate of drug-likeness (QED) is 0.628. The van der Waals surface area contributed by atoms with Gasteiger partial charge in [-0.05, 0) is 48.6 Å². The fourth-order valence-electron chi connectivity index (χ4n) is 4.27. The molecule has 33 heavy (non-hydrogen) atoms. The van der Waals surface area contributed by atoms with Crippen molar-refractivity contribution in [2.75, 3.05) is 31.7 Å². The zero-order valence-corrected chi connectivity index (χ0v) is 20.6. The van der Waals surface area contributed by atoms with E-state index < -0.39 is 10.0 Å². The number of para-hydroxylation sites is 1. The van der Waals surface area contributed by atoms with Gasteiger partial charge in [0.2, 0.25) is 10.0 Å². The van der Waals surface area contributed by atoms with Gasteiger partial charge in [-0.2, -0.15) is 4.31 Å². The molecular weight excluding hydrogens is 436 g/mol. The van der Waals surface area contributed by atoms with E-state index in [0.29, 0.717) is 18.0 Å². The van der Waals surface area contributed by atoms with E-state index in [1.807, 2.05) is 36.4 Å². The van der Waals surface area contributed by atoms with Crippen molar-refractivity contribution in [3.63, 3.8) is 0 Å². The molecular formula is C26H36N2O4S. The fraction of sp³-hybridized carbons (Fsp3) is 0.500. The molecule has 0 radical (unpaired) electrons. The Hall–Kier alpha value is -2.22. The Bertz CT molecular complexity index is 1010. The predicted octanol–water partition coefficient (Wildman–Crippen LogP) is 4.77. The molecule has 6 nitrogen and oxygen atoms in total. The van der Waals surface area contributed by atoms with Crippen LogP contribution < -0.4 is 4.90 Å². The van der Waals surface area contributed by atoms with Crippen LogP contribution in [0.3, 0.4) is 0 Å². The van der Waals surface area contributed by atoms with Crippen LogP contribution in [0.25, 0.3) is 0 Å². The number of hydrogen-bond acceptors (Lipinski definition) is 4. The number of carbonyl (C=O) groups excluding carboxylic acids is 1. The minimum absolute atomic E-state index is 0.000123. The maximum Gasteiger partial charge on any atom is 0.252 e. The van der Waals surface area contributed by atoms with Crippen LogP contribution in [0.4, 0.5) is 5.69 Å². The largest absolute Gasteiger partial charge is 0.375 e. The summed E-state index contributed by atoms with van der Waals surface area (Å²) in [5, 5.41) is 0. The van der Waals surface area contributed by atoms with Crippen molar-refractivity contribution in [1.82, 2.24) is 4.31 Å². The Morgan fingerprint density at radius 3 is 2.21 bits per heavy atom. The molecule has 0 N–H and O–H groups in total. The molecule has 180 valence electrons. The third kappa shape index (κ3) is 6.65. The first-order chi connectivity index (χ1) is 16.0. The van der Waals surface area contributed by atoms with E-state index in [0.717, 1.165) is 61.8 Å². The number of anilines is 1. The summed E-state index contributed by atoms with van der Waals surface area (Å²) in [5.41, 5.74) is 2.70. The first kappa shape index (κ1) is 25.4. The number of methoxy groups -OCH3 is 1. The SMILES string of the molecule is CCc1ccc(S(=O)(=O)N2CCCCCCCCN(C(=O)COC)c3ccccc3C2)cc1. The van der Waals surface area contributed by atoms with Crippen molar-refractivity contribution in [1.29, 1.82) is 0 Å². The van der Waals surface area contributed by atoms with Gasteiger partial charge in [0, 0.05) is 32.4 Å². The molecule has 0 atom stereocenters. The molecule has 0 spiro atoms. The summed E-state index contributed by atoms with van der Waals surface area (Å²) in [7, 11) is -2.15. The summed E-state index contributed by atoms with van der Waals surface area (Å²) in [6.07, 6.45) is 6.79. The normalized spacial score (nSPS) is 16.8. The van der Waals surface area contributed by atoms with Gasteiger partial charge in [0.15, 0.2) is 0 Å². The van der Waals surface area contributed by atoms with Gasteiger partial charge < -0.3 is 9.64 Å². The molecule has 2 aromatic rings. The molecule has 0 unspecified atom stereocenters. The average Bonchev–Trinajstić information content (AvgIpc) is 2.84. The second-order valence-corrected chi connectivity index (χ2v) is 10.5. The average molecular weight is 473 g/mol. The highest BCUT2D eigenvalue weighted by molar-refractivity contribution is 7.89. The first-order valence-electron chi connectivity index (χ1n) is 11.9. The number of nitrogens with zero attached hydrogens (tertiary/aromatic N) is 2. The maximum atomic E-state index is 13.6. The van der Waals surface area contributed by atoms with Crippen LogP contribution in [0.15, 0.2) is 53.4 Å². The number of sulfonamides is 1. The number of benzene rings is 2. The molecule has 1 aliphatic heterocycles. The second kappa shape index (κ2) is 12.3. The maximum absolute atomic E-state index is 13.6. The molecule has 0 aromatic heterocycles. The highest BCUT2D eigenvalue weighted by atomic mass is 32.2. The molecule has 7 heteroatoms. The van der Waals surface area contributed by atoms with Crippen LogP contribution in [0.2, 0.25) is 0 Å². The molecule has 0 saturated carbocycles. The Labute approximate surface area is 198 Å². The standard InChI is InChI=1S/C26H36N2O4S/c1-3-22-14-16-24(17-15-22)33(30,31)27-18-10-6-4-5-7-11-19-28(26(29)21-32-2)25-13-9-8-12-23(25)20-27/h8-9,12-17H,3-7,10-11,18-21H2,1-2H3. The van der Waals surface area contributed by atoms with Gasteiger partial charge in [0.1, 0.15) is 6.61 Å². The van der Waals surface area contributed by atoms with Crippen molar-refractivity contribution in [3.05, 3.63) is 59.7 Å². The minimum atomic E-state index is -3.67. The molecule has 0 fully saturated rings. The minimum Gasteiger partial charge on any atom is -0.375 e. The van der Waals surface area contributed by atoms with E-state index in [1.54, 1.807) is 21.3 Å². The van der Waals surface area contributed by atoms with Gasteiger partial charge in [-0.3, -0.25) is 4.79 Å². The van der Waals surface area contributed by atoms with Crippen molar-refractivity contribution in [3.8, 4) is 0 Å². The predicted molar refractivity (Wildman–Crippen MR) is 132 cm³/mol. The summed E-state index contributed by atoms with van der Waals surface area (Å²) in [4.78, 5) is 15.0. The van der Waals surface area contributed by atoms with Gasteiger partial charge in [-0.15, -0.1) is 0 Å². The van der Waals surface area contributed by atoms with Gasteiger partial charge in [0.25, 0.3) is 5.91 Å². The van der Waals surface area contributed by atoms with Gasteiger partial charge in [-0.25, -0.2) is 8.42 Å². The highest BCUT2D eigenvalue weighted by Gasteiger charge is 2.27. The molecule has 1 aliphatic rings. The number of amides is 1.